The van der Waals surface area contributed by atoms with Crippen molar-refractivity contribution in [2.45, 2.75) is 5.33 Å². The van der Waals surface area contributed by atoms with Gasteiger partial charge in [0.15, 0.2) is 5.75 Å². The molecule has 0 N–H and O–H groups in total. The number of benzene rings is 1. The second kappa shape index (κ2) is 5.62. The Morgan fingerprint density at radius 1 is 1.47 bits per heavy atom. The lowest BCUT2D eigenvalue weighted by Crippen LogP contribution is -2.05. The predicted octanol–water partition coefficient (Wildman–Crippen LogP) is 2.28. The molecule has 17 heavy (non-hydrogen) atoms. The van der Waals surface area contributed by atoms with Crippen molar-refractivity contribution in [2.75, 3.05) is 14.2 Å². The summed E-state index contributed by atoms with van der Waals surface area (Å²) in [6, 6.07) is 2.69. The molecule has 0 aliphatic heterocycles. The minimum atomic E-state index is -0.569. The van der Waals surface area contributed by atoms with E-state index in [1.165, 1.54) is 26.4 Å². The van der Waals surface area contributed by atoms with Gasteiger partial charge in [-0.3, -0.25) is 10.1 Å². The fourth-order valence-corrected chi connectivity index (χ4v) is 1.79. The van der Waals surface area contributed by atoms with E-state index in [0.29, 0.717) is 5.56 Å². The highest BCUT2D eigenvalue weighted by atomic mass is 79.9. The number of methoxy groups -OCH3 is 2. The molecule has 0 bridgehead atoms. The summed E-state index contributed by atoms with van der Waals surface area (Å²) in [5.41, 5.74) is 0.413. The van der Waals surface area contributed by atoms with Crippen molar-refractivity contribution in [1.82, 2.24) is 0 Å². The molecule has 0 saturated carbocycles. The number of carbonyl (C=O) groups is 1. The van der Waals surface area contributed by atoms with E-state index in [-0.39, 0.29) is 22.3 Å². The van der Waals surface area contributed by atoms with Crippen molar-refractivity contribution < 1.29 is 19.2 Å². The van der Waals surface area contributed by atoms with Gasteiger partial charge in [-0.15, -0.1) is 0 Å². The van der Waals surface area contributed by atoms with Crippen molar-refractivity contribution >= 4 is 27.6 Å². The average molecular weight is 304 g/mol. The number of hydrogen-bond donors (Lipinski definition) is 0. The van der Waals surface area contributed by atoms with Gasteiger partial charge in [-0.1, -0.05) is 15.9 Å². The molecule has 1 aromatic rings. The molecule has 0 amide bonds. The lowest BCUT2D eigenvalue weighted by atomic mass is 10.1. The van der Waals surface area contributed by atoms with E-state index >= 15 is 0 Å². The first-order valence-corrected chi connectivity index (χ1v) is 5.66. The number of nitrogens with zero attached hydrogens (tertiary/aromatic N) is 1. The Morgan fingerprint density at radius 3 is 2.53 bits per heavy atom. The van der Waals surface area contributed by atoms with Crippen molar-refractivity contribution in [3.8, 4) is 5.75 Å². The number of hydrogen-bond acceptors (Lipinski definition) is 5. The molecular formula is C10H10BrNO5. The molecule has 0 aliphatic rings. The number of nitro groups is 1. The van der Waals surface area contributed by atoms with Gasteiger partial charge in [-0.2, -0.15) is 0 Å². The first-order chi connectivity index (χ1) is 8.04. The Bertz CT molecular complexity index is 435. The highest BCUT2D eigenvalue weighted by Crippen LogP contribution is 2.33. The molecule has 0 unspecified atom stereocenters. The number of halogens is 1. The molecule has 0 atom stereocenters. The van der Waals surface area contributed by atoms with Crippen LogP contribution in [-0.2, 0) is 10.1 Å². The van der Waals surface area contributed by atoms with E-state index in [0.717, 1.165) is 0 Å². The van der Waals surface area contributed by atoms with Crippen LogP contribution in [0.15, 0.2) is 12.1 Å². The maximum absolute atomic E-state index is 11.4. The first-order valence-electron chi connectivity index (χ1n) is 4.54. The Hall–Kier alpha value is -1.63. The number of alkyl halides is 1. The zero-order valence-corrected chi connectivity index (χ0v) is 10.8. The van der Waals surface area contributed by atoms with Crippen molar-refractivity contribution in [2.24, 2.45) is 0 Å². The highest BCUT2D eigenvalue weighted by Gasteiger charge is 2.23. The van der Waals surface area contributed by atoms with Crippen LogP contribution in [0.4, 0.5) is 5.69 Å². The molecular weight excluding hydrogens is 294 g/mol. The Kier molecular flexibility index (Phi) is 4.45. The molecule has 92 valence electrons. The maximum atomic E-state index is 11.4. The zero-order valence-electron chi connectivity index (χ0n) is 9.23. The molecule has 0 radical (unpaired) electrons. The Balaban J connectivity index is 3.44. The average Bonchev–Trinajstić information content (AvgIpc) is 2.35. The van der Waals surface area contributed by atoms with E-state index < -0.39 is 10.9 Å². The molecule has 0 aromatic heterocycles. The molecule has 7 heteroatoms. The van der Waals surface area contributed by atoms with E-state index in [2.05, 4.69) is 20.7 Å². The van der Waals surface area contributed by atoms with Crippen LogP contribution in [0.1, 0.15) is 15.9 Å². The molecule has 0 heterocycles. The van der Waals surface area contributed by atoms with Crippen LogP contribution < -0.4 is 4.74 Å². The van der Waals surface area contributed by atoms with Gasteiger partial charge in [0, 0.05) is 17.0 Å². The summed E-state index contributed by atoms with van der Waals surface area (Å²) in [5, 5.41) is 11.1. The van der Waals surface area contributed by atoms with E-state index in [9.17, 15) is 14.9 Å². The molecule has 0 fully saturated rings. The topological polar surface area (TPSA) is 78.7 Å². The highest BCUT2D eigenvalue weighted by molar-refractivity contribution is 9.08. The zero-order chi connectivity index (χ0) is 13.0. The fraction of sp³-hybridized carbons (Fsp3) is 0.300. The van der Waals surface area contributed by atoms with Gasteiger partial charge in [0.1, 0.15) is 0 Å². The van der Waals surface area contributed by atoms with Crippen molar-refractivity contribution in [3.63, 3.8) is 0 Å². The lowest BCUT2D eigenvalue weighted by Gasteiger charge is -2.07. The van der Waals surface area contributed by atoms with Gasteiger partial charge in [-0.25, -0.2) is 4.79 Å². The van der Waals surface area contributed by atoms with Crippen LogP contribution in [0, 0.1) is 10.1 Å². The lowest BCUT2D eigenvalue weighted by molar-refractivity contribution is -0.386. The second-order valence-electron chi connectivity index (χ2n) is 3.07. The van der Waals surface area contributed by atoms with Gasteiger partial charge >= 0.3 is 11.7 Å². The first kappa shape index (κ1) is 13.4. The standard InChI is InChI=1S/C10H10BrNO5/c1-16-8-4-6(10(13)17-2)3-7(5-11)9(8)12(14)15/h3-4H,5H2,1-2H3. The minimum absolute atomic E-state index is 0.0346. The summed E-state index contributed by atoms with van der Waals surface area (Å²) >= 11 is 3.13. The van der Waals surface area contributed by atoms with E-state index in [1.54, 1.807) is 0 Å². The number of nitro benzene ring substituents is 1. The SMILES string of the molecule is COC(=O)c1cc(CBr)c([N+](=O)[O-])c(OC)c1. The monoisotopic (exact) mass is 303 g/mol. The summed E-state index contributed by atoms with van der Waals surface area (Å²) in [6.07, 6.45) is 0. The third-order valence-electron chi connectivity index (χ3n) is 2.12. The summed E-state index contributed by atoms with van der Waals surface area (Å²) in [4.78, 5) is 21.7. The summed E-state index contributed by atoms with van der Waals surface area (Å²) < 4.78 is 9.47. The normalized spacial score (nSPS) is 9.82. The van der Waals surface area contributed by atoms with Crippen LogP contribution in [0.5, 0.6) is 5.75 Å². The number of carbonyl (C=O) groups excluding carboxylic acids is 1. The fourth-order valence-electron chi connectivity index (χ4n) is 1.37. The van der Waals surface area contributed by atoms with Crippen molar-refractivity contribution in [1.29, 1.82) is 0 Å². The quantitative estimate of drug-likeness (QED) is 0.369. The van der Waals surface area contributed by atoms with Gasteiger partial charge in [0.2, 0.25) is 0 Å². The van der Waals surface area contributed by atoms with Gasteiger partial charge in [-0.05, 0) is 6.07 Å². The molecule has 1 rings (SSSR count). The molecule has 0 aliphatic carbocycles. The smallest absolute Gasteiger partial charge is 0.338 e. The summed E-state index contributed by atoms with van der Waals surface area (Å²) in [7, 11) is 2.55. The number of esters is 1. The predicted molar refractivity (Wildman–Crippen MR) is 63.6 cm³/mol. The molecule has 1 aromatic carbocycles. The van der Waals surface area contributed by atoms with Gasteiger partial charge in [0.25, 0.3) is 0 Å². The van der Waals surface area contributed by atoms with Crippen LogP contribution in [0.3, 0.4) is 0 Å². The van der Waals surface area contributed by atoms with Crippen molar-refractivity contribution in [3.05, 3.63) is 33.4 Å². The number of rotatable bonds is 4. The minimum Gasteiger partial charge on any atom is -0.490 e. The van der Waals surface area contributed by atoms with Gasteiger partial charge < -0.3 is 9.47 Å². The van der Waals surface area contributed by atoms with E-state index in [1.807, 2.05) is 0 Å². The third kappa shape index (κ3) is 2.73. The Morgan fingerprint density at radius 2 is 2.12 bits per heavy atom. The van der Waals surface area contributed by atoms with Crippen LogP contribution >= 0.6 is 15.9 Å². The van der Waals surface area contributed by atoms with Gasteiger partial charge in [0.05, 0.1) is 24.7 Å². The second-order valence-corrected chi connectivity index (χ2v) is 3.63. The third-order valence-corrected chi connectivity index (χ3v) is 2.73. The largest absolute Gasteiger partial charge is 0.490 e. The van der Waals surface area contributed by atoms with Crippen LogP contribution in [0.2, 0.25) is 0 Å². The van der Waals surface area contributed by atoms with Crippen LogP contribution in [-0.4, -0.2) is 25.1 Å². The van der Waals surface area contributed by atoms with Crippen LogP contribution in [0.25, 0.3) is 0 Å². The molecule has 0 spiro atoms. The maximum Gasteiger partial charge on any atom is 0.338 e. The number of ether oxygens (including phenoxy) is 2. The summed E-state index contributed by atoms with van der Waals surface area (Å²) in [6.45, 7) is 0. The molecule has 6 nitrogen and oxygen atoms in total. The molecule has 0 saturated heterocycles. The Labute approximate surface area is 106 Å². The summed E-state index contributed by atoms with van der Waals surface area (Å²) in [5.74, 6) is -0.534. The van der Waals surface area contributed by atoms with E-state index in [4.69, 9.17) is 4.74 Å².